The van der Waals surface area contributed by atoms with E-state index in [4.69, 9.17) is 17.3 Å². The van der Waals surface area contributed by atoms with Crippen molar-refractivity contribution in [1.29, 1.82) is 0 Å². The van der Waals surface area contributed by atoms with E-state index in [-0.39, 0.29) is 5.95 Å². The van der Waals surface area contributed by atoms with E-state index in [1.807, 2.05) is 0 Å². The van der Waals surface area contributed by atoms with Gasteiger partial charge in [0.15, 0.2) is 5.82 Å². The van der Waals surface area contributed by atoms with Crippen molar-refractivity contribution in [2.24, 2.45) is 0 Å². The zero-order valence-corrected chi connectivity index (χ0v) is 15.2. The molecule has 29 heavy (non-hydrogen) atoms. The summed E-state index contributed by atoms with van der Waals surface area (Å²) >= 11 is 5.92. The Balaban J connectivity index is 1.84. The van der Waals surface area contributed by atoms with Crippen LogP contribution in [0.1, 0.15) is 5.56 Å². The van der Waals surface area contributed by atoms with Crippen molar-refractivity contribution in [3.8, 4) is 28.3 Å². The smallest absolute Gasteiger partial charge is 0.368 e. The predicted octanol–water partition coefficient (Wildman–Crippen LogP) is 4.04. The SMILES string of the molecule is Nc1ncc(-c2nnnn2-c2ccc(Cl)cc2)c(-c2ccc(C(F)(F)F)cc2)n1. The lowest BCUT2D eigenvalue weighted by atomic mass is 10.0. The molecule has 0 aliphatic carbocycles. The second-order valence-corrected chi connectivity index (χ2v) is 6.39. The van der Waals surface area contributed by atoms with Gasteiger partial charge in [0.1, 0.15) is 0 Å². The van der Waals surface area contributed by atoms with Crippen LogP contribution >= 0.6 is 11.6 Å². The number of anilines is 1. The van der Waals surface area contributed by atoms with Crippen molar-refractivity contribution >= 4 is 17.5 Å². The van der Waals surface area contributed by atoms with Crippen LogP contribution < -0.4 is 5.73 Å². The summed E-state index contributed by atoms with van der Waals surface area (Å²) in [6, 6.07) is 11.4. The van der Waals surface area contributed by atoms with Crippen LogP contribution in [-0.4, -0.2) is 30.2 Å². The summed E-state index contributed by atoms with van der Waals surface area (Å²) in [5.74, 6) is 0.261. The number of nitrogen functional groups attached to an aromatic ring is 1. The van der Waals surface area contributed by atoms with Gasteiger partial charge in [0.2, 0.25) is 5.95 Å². The normalized spacial score (nSPS) is 11.6. The molecule has 146 valence electrons. The first-order valence-electron chi connectivity index (χ1n) is 8.18. The largest absolute Gasteiger partial charge is 0.416 e. The number of nitrogens with zero attached hydrogens (tertiary/aromatic N) is 6. The van der Waals surface area contributed by atoms with E-state index in [0.29, 0.717) is 33.4 Å². The number of aromatic nitrogens is 6. The van der Waals surface area contributed by atoms with Crippen LogP contribution in [0.4, 0.5) is 19.1 Å². The fourth-order valence-electron chi connectivity index (χ4n) is 2.71. The highest BCUT2D eigenvalue weighted by atomic mass is 35.5. The Hall–Kier alpha value is -3.53. The first kappa shape index (κ1) is 18.8. The average molecular weight is 418 g/mol. The van der Waals surface area contributed by atoms with Gasteiger partial charge in [-0.15, -0.1) is 5.10 Å². The zero-order valence-electron chi connectivity index (χ0n) is 14.5. The zero-order chi connectivity index (χ0) is 20.6. The molecule has 2 aromatic heterocycles. The Morgan fingerprint density at radius 2 is 1.66 bits per heavy atom. The number of halogens is 4. The second-order valence-electron chi connectivity index (χ2n) is 5.96. The molecule has 0 saturated heterocycles. The lowest BCUT2D eigenvalue weighted by molar-refractivity contribution is -0.137. The van der Waals surface area contributed by atoms with E-state index in [2.05, 4.69) is 25.5 Å². The van der Waals surface area contributed by atoms with E-state index in [0.717, 1.165) is 12.1 Å². The van der Waals surface area contributed by atoms with Gasteiger partial charge in [0.25, 0.3) is 0 Å². The van der Waals surface area contributed by atoms with E-state index in [9.17, 15) is 13.2 Å². The molecular weight excluding hydrogens is 407 g/mol. The third-order valence-electron chi connectivity index (χ3n) is 4.07. The highest BCUT2D eigenvalue weighted by molar-refractivity contribution is 6.30. The van der Waals surface area contributed by atoms with Crippen LogP contribution in [0.5, 0.6) is 0 Å². The lowest BCUT2D eigenvalue weighted by Crippen LogP contribution is -2.05. The molecule has 11 heteroatoms. The minimum Gasteiger partial charge on any atom is -0.368 e. The van der Waals surface area contributed by atoms with Gasteiger partial charge < -0.3 is 5.73 Å². The van der Waals surface area contributed by atoms with Crippen LogP contribution in [0.2, 0.25) is 5.02 Å². The quantitative estimate of drug-likeness (QED) is 0.540. The Morgan fingerprint density at radius 1 is 0.966 bits per heavy atom. The number of tetrazole rings is 1. The summed E-state index contributed by atoms with van der Waals surface area (Å²) < 4.78 is 40.1. The van der Waals surface area contributed by atoms with E-state index in [1.54, 1.807) is 24.3 Å². The molecule has 0 saturated carbocycles. The fraction of sp³-hybridized carbons (Fsp3) is 0.0556. The maximum absolute atomic E-state index is 12.9. The molecule has 7 nitrogen and oxygen atoms in total. The van der Waals surface area contributed by atoms with Gasteiger partial charge in [-0.2, -0.15) is 17.9 Å². The third-order valence-corrected chi connectivity index (χ3v) is 4.33. The molecular formula is C18H11ClF3N7. The maximum Gasteiger partial charge on any atom is 0.416 e. The van der Waals surface area contributed by atoms with Crippen molar-refractivity contribution in [3.63, 3.8) is 0 Å². The molecule has 0 radical (unpaired) electrons. The summed E-state index contributed by atoms with van der Waals surface area (Å²) in [6.45, 7) is 0. The van der Waals surface area contributed by atoms with E-state index < -0.39 is 11.7 Å². The van der Waals surface area contributed by atoms with Gasteiger partial charge in [0.05, 0.1) is 22.5 Å². The molecule has 0 spiro atoms. The Morgan fingerprint density at radius 3 is 2.31 bits per heavy atom. The molecule has 0 fully saturated rings. The average Bonchev–Trinajstić information content (AvgIpc) is 3.17. The molecule has 0 atom stereocenters. The molecule has 2 aromatic carbocycles. The number of nitrogens with two attached hydrogens (primary N) is 1. The highest BCUT2D eigenvalue weighted by Gasteiger charge is 2.30. The summed E-state index contributed by atoms with van der Waals surface area (Å²) in [7, 11) is 0. The molecule has 0 bridgehead atoms. The molecule has 4 rings (SSSR count). The van der Waals surface area contributed by atoms with Crippen LogP contribution in [-0.2, 0) is 6.18 Å². The van der Waals surface area contributed by atoms with Crippen molar-refractivity contribution in [2.75, 3.05) is 5.73 Å². The van der Waals surface area contributed by atoms with Crippen LogP contribution in [0.3, 0.4) is 0 Å². The van der Waals surface area contributed by atoms with Crippen LogP contribution in [0.15, 0.2) is 54.7 Å². The highest BCUT2D eigenvalue weighted by Crippen LogP contribution is 2.34. The third kappa shape index (κ3) is 3.74. The number of alkyl halides is 3. The Kier molecular flexibility index (Phi) is 4.63. The Bertz CT molecular complexity index is 1160. The number of benzene rings is 2. The standard InChI is InChI=1S/C18H11ClF3N7/c19-12-5-7-13(8-6-12)29-16(26-27-28-29)14-9-24-17(23)25-15(14)10-1-3-11(4-2-10)18(20,21)22/h1-9H,(H2,23,24,25). The van der Waals surface area contributed by atoms with Crippen molar-refractivity contribution in [1.82, 2.24) is 30.2 Å². The number of rotatable bonds is 3. The van der Waals surface area contributed by atoms with E-state index >= 15 is 0 Å². The number of hydrogen-bond donors (Lipinski definition) is 1. The molecule has 2 N–H and O–H groups in total. The molecule has 2 heterocycles. The molecule has 0 aliphatic heterocycles. The maximum atomic E-state index is 12.9. The Labute approximate surface area is 167 Å². The van der Waals surface area contributed by atoms with Gasteiger partial charge in [-0.3, -0.25) is 0 Å². The molecule has 0 unspecified atom stereocenters. The van der Waals surface area contributed by atoms with Gasteiger partial charge >= 0.3 is 6.18 Å². The van der Waals surface area contributed by atoms with E-state index in [1.165, 1.54) is 23.0 Å². The first-order chi connectivity index (χ1) is 13.8. The summed E-state index contributed by atoms with van der Waals surface area (Å²) in [6.07, 6.45) is -3.02. The lowest BCUT2D eigenvalue weighted by Gasteiger charge is -2.11. The molecule has 4 aromatic rings. The van der Waals surface area contributed by atoms with Crippen LogP contribution in [0.25, 0.3) is 28.3 Å². The molecule has 0 aliphatic rings. The van der Waals surface area contributed by atoms with Gasteiger partial charge in [-0.1, -0.05) is 23.7 Å². The monoisotopic (exact) mass is 417 g/mol. The van der Waals surface area contributed by atoms with Gasteiger partial charge in [0, 0.05) is 16.8 Å². The first-order valence-corrected chi connectivity index (χ1v) is 8.55. The summed E-state index contributed by atoms with van der Waals surface area (Å²) in [5, 5.41) is 12.2. The van der Waals surface area contributed by atoms with Gasteiger partial charge in [-0.25, -0.2) is 9.97 Å². The van der Waals surface area contributed by atoms with Gasteiger partial charge in [-0.05, 0) is 46.8 Å². The minimum absolute atomic E-state index is 0.0332. The topological polar surface area (TPSA) is 95.4 Å². The minimum atomic E-state index is -4.44. The fourth-order valence-corrected chi connectivity index (χ4v) is 2.83. The van der Waals surface area contributed by atoms with Crippen molar-refractivity contribution < 1.29 is 13.2 Å². The summed E-state index contributed by atoms with van der Waals surface area (Å²) in [5.41, 5.74) is 6.68. The van der Waals surface area contributed by atoms with Crippen molar-refractivity contribution in [3.05, 3.63) is 65.3 Å². The van der Waals surface area contributed by atoms with Crippen LogP contribution in [0, 0.1) is 0 Å². The molecule has 0 amide bonds. The summed E-state index contributed by atoms with van der Waals surface area (Å²) in [4.78, 5) is 8.18. The number of hydrogen-bond acceptors (Lipinski definition) is 6. The van der Waals surface area contributed by atoms with Crippen molar-refractivity contribution in [2.45, 2.75) is 6.18 Å². The second kappa shape index (κ2) is 7.13. The predicted molar refractivity (Wildman–Crippen MR) is 100 cm³/mol.